The van der Waals surface area contributed by atoms with Crippen molar-refractivity contribution in [2.75, 3.05) is 5.75 Å². The van der Waals surface area contributed by atoms with E-state index in [2.05, 4.69) is 55.7 Å². The molecule has 0 aromatic rings. The largest absolute Gasteiger partial charge is 0.179 e. The molecule has 0 aliphatic heterocycles. The minimum atomic E-state index is 0.510. The normalized spacial score (nSPS) is 25.6. The molecule has 0 aromatic carbocycles. The lowest BCUT2D eigenvalue weighted by Crippen LogP contribution is -2.11. The van der Waals surface area contributed by atoms with Crippen molar-refractivity contribution < 1.29 is 0 Å². The van der Waals surface area contributed by atoms with Crippen molar-refractivity contribution in [3.63, 3.8) is 0 Å². The van der Waals surface area contributed by atoms with E-state index in [9.17, 15) is 0 Å². The quantitative estimate of drug-likeness (QED) is 0.419. The van der Waals surface area contributed by atoms with E-state index < -0.39 is 0 Å². The first-order chi connectivity index (χ1) is 9.36. The Kier molecular flexibility index (Phi) is 5.86. The maximum absolute atomic E-state index is 4.43. The van der Waals surface area contributed by atoms with Gasteiger partial charge in [0.2, 0.25) is 0 Å². The van der Waals surface area contributed by atoms with Crippen LogP contribution in [0.2, 0.25) is 0 Å². The second kappa shape index (κ2) is 7.65. The maximum atomic E-state index is 4.43. The predicted molar refractivity (Wildman–Crippen MR) is 87.3 cm³/mol. The molecule has 0 fully saturated rings. The molecule has 0 nitrogen and oxygen atoms in total. The molecule has 2 atom stereocenters. The van der Waals surface area contributed by atoms with Crippen LogP contribution in [-0.2, 0) is 0 Å². The molecule has 1 heteroatoms. The van der Waals surface area contributed by atoms with Gasteiger partial charge in [-0.2, -0.15) is 12.6 Å². The lowest BCUT2D eigenvalue weighted by Gasteiger charge is -2.24. The molecule has 0 heterocycles. The highest BCUT2D eigenvalue weighted by molar-refractivity contribution is 7.80. The summed E-state index contributed by atoms with van der Waals surface area (Å²) in [6.07, 6.45) is 16.2. The highest BCUT2D eigenvalue weighted by Crippen LogP contribution is 2.38. The molecule has 0 radical (unpaired) electrons. The smallest absolute Gasteiger partial charge is 0.0192 e. The van der Waals surface area contributed by atoms with Crippen molar-refractivity contribution in [2.45, 2.75) is 45.4 Å². The molecule has 2 aliphatic rings. The molecule has 0 amide bonds. The Bertz CT molecular complexity index is 442. The molecule has 0 bridgehead atoms. The Morgan fingerprint density at radius 2 is 2.21 bits per heavy atom. The van der Waals surface area contributed by atoms with E-state index in [1.807, 2.05) is 0 Å². The van der Waals surface area contributed by atoms with E-state index in [0.29, 0.717) is 11.8 Å². The van der Waals surface area contributed by atoms with Crippen LogP contribution in [0.4, 0.5) is 0 Å². The summed E-state index contributed by atoms with van der Waals surface area (Å²) < 4.78 is 0. The van der Waals surface area contributed by atoms with Crippen molar-refractivity contribution in [3.8, 4) is 11.8 Å². The summed E-state index contributed by atoms with van der Waals surface area (Å²) in [6, 6.07) is 0. The molecule has 2 rings (SSSR count). The van der Waals surface area contributed by atoms with Crippen molar-refractivity contribution in [1.29, 1.82) is 0 Å². The van der Waals surface area contributed by atoms with Gasteiger partial charge in [-0.3, -0.25) is 0 Å². The van der Waals surface area contributed by atoms with E-state index in [4.69, 9.17) is 0 Å². The molecule has 0 aromatic heterocycles. The van der Waals surface area contributed by atoms with Crippen LogP contribution in [0.15, 0.2) is 35.5 Å². The highest BCUT2D eigenvalue weighted by Gasteiger charge is 2.23. The minimum Gasteiger partial charge on any atom is -0.179 e. The van der Waals surface area contributed by atoms with E-state index in [1.54, 1.807) is 11.1 Å². The Morgan fingerprint density at radius 1 is 1.32 bits per heavy atom. The summed E-state index contributed by atoms with van der Waals surface area (Å²) >= 11 is 4.43. The van der Waals surface area contributed by atoms with E-state index in [0.717, 1.165) is 18.6 Å². The van der Waals surface area contributed by atoms with Crippen molar-refractivity contribution in [3.05, 3.63) is 35.5 Å². The Morgan fingerprint density at radius 3 is 3.00 bits per heavy atom. The van der Waals surface area contributed by atoms with Crippen LogP contribution in [-0.4, -0.2) is 5.75 Å². The fraction of sp³-hybridized carbons (Fsp3) is 0.556. The molecule has 2 aliphatic carbocycles. The van der Waals surface area contributed by atoms with Gasteiger partial charge >= 0.3 is 0 Å². The van der Waals surface area contributed by atoms with Gasteiger partial charge in [0.05, 0.1) is 0 Å². The van der Waals surface area contributed by atoms with Gasteiger partial charge in [0.15, 0.2) is 0 Å². The van der Waals surface area contributed by atoms with Crippen LogP contribution in [0.1, 0.15) is 45.4 Å². The number of allylic oxidation sites excluding steroid dienone is 6. The minimum absolute atomic E-state index is 0.510. The van der Waals surface area contributed by atoms with Crippen LogP contribution < -0.4 is 0 Å². The van der Waals surface area contributed by atoms with Crippen LogP contribution in [0, 0.1) is 23.7 Å². The van der Waals surface area contributed by atoms with Crippen LogP contribution >= 0.6 is 12.6 Å². The zero-order valence-electron chi connectivity index (χ0n) is 11.9. The van der Waals surface area contributed by atoms with Gasteiger partial charge in [0.1, 0.15) is 0 Å². The summed E-state index contributed by atoms with van der Waals surface area (Å²) in [5.74, 6) is 8.73. The summed E-state index contributed by atoms with van der Waals surface area (Å²) in [4.78, 5) is 0. The second-order valence-corrected chi connectivity index (χ2v) is 5.76. The van der Waals surface area contributed by atoms with E-state index >= 15 is 0 Å². The molecule has 0 saturated heterocycles. The molecule has 0 spiro atoms. The van der Waals surface area contributed by atoms with Crippen molar-refractivity contribution >= 4 is 12.6 Å². The summed E-state index contributed by atoms with van der Waals surface area (Å²) in [5.41, 5.74) is 3.24. The summed E-state index contributed by atoms with van der Waals surface area (Å²) in [6.45, 7) is 2.11. The number of hydrogen-bond donors (Lipinski definition) is 1. The van der Waals surface area contributed by atoms with E-state index in [-0.39, 0.29) is 0 Å². The zero-order chi connectivity index (χ0) is 13.5. The number of thiol groups is 1. The third kappa shape index (κ3) is 3.80. The first kappa shape index (κ1) is 14.5. The third-order valence-corrected chi connectivity index (χ3v) is 4.29. The van der Waals surface area contributed by atoms with Crippen LogP contribution in [0.25, 0.3) is 0 Å². The third-order valence-electron chi connectivity index (χ3n) is 4.03. The van der Waals surface area contributed by atoms with E-state index in [1.165, 1.54) is 25.7 Å². The maximum Gasteiger partial charge on any atom is 0.0192 e. The predicted octanol–water partition coefficient (Wildman–Crippen LogP) is 4.95. The van der Waals surface area contributed by atoms with Crippen molar-refractivity contribution in [1.82, 2.24) is 0 Å². The fourth-order valence-corrected chi connectivity index (χ4v) is 3.40. The number of hydrogen-bond acceptors (Lipinski definition) is 1. The fourth-order valence-electron chi connectivity index (χ4n) is 3.09. The molecular weight excluding hydrogens is 248 g/mol. The molecule has 2 unspecified atom stereocenters. The summed E-state index contributed by atoms with van der Waals surface area (Å²) in [7, 11) is 0. The van der Waals surface area contributed by atoms with Gasteiger partial charge in [-0.05, 0) is 42.9 Å². The Balaban J connectivity index is 2.24. The Hall–Kier alpha value is -0.870. The van der Waals surface area contributed by atoms with Gasteiger partial charge in [-0.1, -0.05) is 36.8 Å². The van der Waals surface area contributed by atoms with Crippen molar-refractivity contribution in [2.24, 2.45) is 11.8 Å². The molecule has 102 valence electrons. The first-order valence-electron chi connectivity index (χ1n) is 7.49. The topological polar surface area (TPSA) is 0 Å². The van der Waals surface area contributed by atoms with Gasteiger partial charge < -0.3 is 0 Å². The first-order valence-corrected chi connectivity index (χ1v) is 8.12. The van der Waals surface area contributed by atoms with Crippen LogP contribution in [0.5, 0.6) is 0 Å². The number of rotatable bonds is 3. The lowest BCUT2D eigenvalue weighted by atomic mass is 9.81. The second-order valence-electron chi connectivity index (χ2n) is 5.31. The monoisotopic (exact) mass is 272 g/mol. The zero-order valence-corrected chi connectivity index (χ0v) is 12.8. The average molecular weight is 272 g/mol. The summed E-state index contributed by atoms with van der Waals surface area (Å²) in [5, 5.41) is 0. The Labute approximate surface area is 123 Å². The van der Waals surface area contributed by atoms with Gasteiger partial charge in [0.25, 0.3) is 0 Å². The average Bonchev–Trinajstić information content (AvgIpc) is 2.61. The van der Waals surface area contributed by atoms with Crippen LogP contribution in [0.3, 0.4) is 0 Å². The lowest BCUT2D eigenvalue weighted by molar-refractivity contribution is 0.572. The molecule has 19 heavy (non-hydrogen) atoms. The molecule has 0 saturated carbocycles. The molecular formula is C18H24S. The van der Waals surface area contributed by atoms with Gasteiger partial charge in [-0.15, -0.1) is 11.8 Å². The standard InChI is InChI=1S/C18H24S/c1-2-3-4-8-15-9-7-10-16(13-14-19)18-12-6-5-11-17(15)18/h5,7,9,11,15-16,19H,2,6,8,10,12-14H2,1H3. The van der Waals surface area contributed by atoms with Gasteiger partial charge in [0, 0.05) is 18.8 Å². The SMILES string of the molecule is CCC#CCC1C=CCC(CCS)C2=C1C=CCC2. The van der Waals surface area contributed by atoms with Gasteiger partial charge in [-0.25, -0.2) is 0 Å². The molecule has 0 N–H and O–H groups in total. The highest BCUT2D eigenvalue weighted by atomic mass is 32.1.